The molecule has 8 heteroatoms. The number of anilines is 2. The Balaban J connectivity index is 1.46. The Labute approximate surface area is 183 Å². The van der Waals surface area contributed by atoms with E-state index < -0.39 is 0 Å². The lowest BCUT2D eigenvalue weighted by atomic mass is 10.2. The van der Waals surface area contributed by atoms with Crippen molar-refractivity contribution < 1.29 is 23.8 Å². The summed E-state index contributed by atoms with van der Waals surface area (Å²) in [7, 11) is 0. The summed E-state index contributed by atoms with van der Waals surface area (Å²) in [5.74, 6) is 0.577. The molecule has 2 aromatic rings. The zero-order chi connectivity index (χ0) is 21.1. The molecule has 1 fully saturated rings. The van der Waals surface area contributed by atoms with Crippen molar-refractivity contribution in [1.82, 2.24) is 0 Å². The lowest BCUT2D eigenvalue weighted by Gasteiger charge is -2.29. The summed E-state index contributed by atoms with van der Waals surface area (Å²) in [5, 5.41) is 2.87. The van der Waals surface area contributed by atoms with Crippen LogP contribution >= 0.6 is 15.9 Å². The normalized spacial score (nSPS) is 18.0. The molecule has 1 N–H and O–H groups in total. The fraction of sp³-hybridized carbons (Fsp3) is 0.364. The van der Waals surface area contributed by atoms with Gasteiger partial charge in [-0.2, -0.15) is 0 Å². The highest BCUT2D eigenvalue weighted by molar-refractivity contribution is 9.10. The van der Waals surface area contributed by atoms with Crippen LogP contribution < -0.4 is 19.7 Å². The van der Waals surface area contributed by atoms with Crippen molar-refractivity contribution in [3.8, 4) is 11.5 Å². The molecule has 2 amide bonds. The van der Waals surface area contributed by atoms with Crippen molar-refractivity contribution in [2.45, 2.75) is 25.9 Å². The summed E-state index contributed by atoms with van der Waals surface area (Å²) >= 11 is 3.39. The van der Waals surface area contributed by atoms with Crippen LogP contribution in [0.15, 0.2) is 40.9 Å². The van der Waals surface area contributed by atoms with E-state index in [0.29, 0.717) is 29.5 Å². The maximum absolute atomic E-state index is 12.8. The second kappa shape index (κ2) is 9.06. The van der Waals surface area contributed by atoms with Gasteiger partial charge in [0.1, 0.15) is 24.7 Å². The maximum Gasteiger partial charge on any atom is 0.265 e. The molecule has 0 aliphatic carbocycles. The van der Waals surface area contributed by atoms with E-state index in [-0.39, 0.29) is 31.1 Å². The maximum atomic E-state index is 12.8. The molecule has 4 rings (SSSR count). The van der Waals surface area contributed by atoms with Crippen molar-refractivity contribution in [2.24, 2.45) is 0 Å². The van der Waals surface area contributed by atoms with Gasteiger partial charge in [0.2, 0.25) is 5.91 Å². The summed E-state index contributed by atoms with van der Waals surface area (Å²) in [6.45, 7) is 2.95. The number of fused-ring (bicyclic) bond motifs is 1. The van der Waals surface area contributed by atoms with E-state index in [0.717, 1.165) is 29.5 Å². The van der Waals surface area contributed by atoms with Crippen molar-refractivity contribution >= 4 is 39.1 Å². The van der Waals surface area contributed by atoms with Crippen molar-refractivity contribution in [3.05, 3.63) is 46.4 Å². The highest BCUT2D eigenvalue weighted by atomic mass is 79.9. The first-order valence-corrected chi connectivity index (χ1v) is 10.7. The minimum atomic E-state index is -0.315. The fourth-order valence-electron chi connectivity index (χ4n) is 3.50. The Bertz CT molecular complexity index is 959. The number of ether oxygens (including phenoxy) is 3. The van der Waals surface area contributed by atoms with Crippen LogP contribution in [0.4, 0.5) is 11.4 Å². The molecule has 0 radical (unpaired) electrons. The number of nitrogens with zero attached hydrogens (tertiary/aromatic N) is 1. The van der Waals surface area contributed by atoms with Gasteiger partial charge in [-0.1, -0.05) is 22.0 Å². The van der Waals surface area contributed by atoms with Gasteiger partial charge in [-0.15, -0.1) is 0 Å². The largest absolute Gasteiger partial charge is 0.489 e. The number of amides is 2. The van der Waals surface area contributed by atoms with Gasteiger partial charge in [0, 0.05) is 11.1 Å². The predicted molar refractivity (Wildman–Crippen MR) is 116 cm³/mol. The average molecular weight is 475 g/mol. The first-order valence-electron chi connectivity index (χ1n) is 9.87. The minimum absolute atomic E-state index is 0.0795. The third-order valence-electron chi connectivity index (χ3n) is 5.03. The number of halogens is 1. The first-order chi connectivity index (χ1) is 14.5. The summed E-state index contributed by atoms with van der Waals surface area (Å²) in [4.78, 5) is 26.6. The highest BCUT2D eigenvalue weighted by Gasteiger charge is 2.28. The average Bonchev–Trinajstić information content (AvgIpc) is 3.24. The van der Waals surface area contributed by atoms with E-state index in [1.165, 1.54) is 4.90 Å². The lowest BCUT2D eigenvalue weighted by molar-refractivity contribution is -0.123. The number of carbonyl (C=O) groups excluding carboxylic acids is 2. The number of nitrogens with one attached hydrogen (secondary N) is 1. The molecule has 1 saturated heterocycles. The van der Waals surface area contributed by atoms with Crippen LogP contribution in [0.2, 0.25) is 0 Å². The molecule has 2 heterocycles. The Morgan fingerprint density at radius 1 is 1.30 bits per heavy atom. The Kier molecular flexibility index (Phi) is 6.24. The van der Waals surface area contributed by atoms with Crippen LogP contribution in [-0.2, 0) is 14.3 Å². The first kappa shape index (κ1) is 20.7. The van der Waals surface area contributed by atoms with E-state index in [2.05, 4.69) is 21.2 Å². The van der Waals surface area contributed by atoms with Gasteiger partial charge in [0.25, 0.3) is 5.91 Å². The number of benzene rings is 2. The van der Waals surface area contributed by atoms with E-state index in [9.17, 15) is 9.59 Å². The molecule has 30 heavy (non-hydrogen) atoms. The van der Waals surface area contributed by atoms with Gasteiger partial charge in [0.05, 0.1) is 17.5 Å². The minimum Gasteiger partial charge on any atom is -0.489 e. The van der Waals surface area contributed by atoms with Crippen LogP contribution in [0.3, 0.4) is 0 Å². The topological polar surface area (TPSA) is 77.1 Å². The highest BCUT2D eigenvalue weighted by Crippen LogP contribution is 2.34. The Morgan fingerprint density at radius 3 is 2.97 bits per heavy atom. The molecule has 0 spiro atoms. The molecule has 0 aromatic heterocycles. The van der Waals surface area contributed by atoms with Gasteiger partial charge in [-0.25, -0.2) is 0 Å². The van der Waals surface area contributed by atoms with Crippen molar-refractivity contribution in [1.29, 1.82) is 0 Å². The molecule has 7 nitrogen and oxygen atoms in total. The van der Waals surface area contributed by atoms with Gasteiger partial charge in [0.15, 0.2) is 6.61 Å². The molecular formula is C22H23BrN2O5. The molecule has 1 unspecified atom stereocenters. The van der Waals surface area contributed by atoms with Crippen molar-refractivity contribution in [3.63, 3.8) is 0 Å². The molecule has 0 saturated carbocycles. The van der Waals surface area contributed by atoms with Crippen LogP contribution in [0, 0.1) is 6.92 Å². The standard InChI is InChI=1S/C22H23BrN2O5/c1-14-4-6-17(19(9-14)29-12-16-3-2-8-28-16)24-21(26)11-25-18-7-5-15(23)10-20(18)30-13-22(25)27/h4-7,9-10,16H,2-3,8,11-13H2,1H3,(H,24,26). The van der Waals surface area contributed by atoms with E-state index in [4.69, 9.17) is 14.2 Å². The van der Waals surface area contributed by atoms with Gasteiger partial charge >= 0.3 is 0 Å². The van der Waals surface area contributed by atoms with Gasteiger partial charge in [-0.3, -0.25) is 14.5 Å². The van der Waals surface area contributed by atoms with Crippen LogP contribution in [-0.4, -0.2) is 44.3 Å². The second-order valence-corrected chi connectivity index (χ2v) is 8.29. The monoisotopic (exact) mass is 474 g/mol. The second-order valence-electron chi connectivity index (χ2n) is 7.37. The zero-order valence-corrected chi connectivity index (χ0v) is 18.2. The molecule has 2 aliphatic heterocycles. The van der Waals surface area contributed by atoms with E-state index >= 15 is 0 Å². The third-order valence-corrected chi connectivity index (χ3v) is 5.52. The summed E-state index contributed by atoms with van der Waals surface area (Å²) in [5.41, 5.74) is 2.17. The van der Waals surface area contributed by atoms with Gasteiger partial charge < -0.3 is 19.5 Å². The number of aryl methyl sites for hydroxylation is 1. The Hall–Kier alpha value is -2.58. The molecule has 0 bridgehead atoms. The fourth-order valence-corrected chi connectivity index (χ4v) is 3.84. The molecule has 1 atom stereocenters. The van der Waals surface area contributed by atoms with Gasteiger partial charge in [-0.05, 0) is 55.7 Å². The summed E-state index contributed by atoms with van der Waals surface area (Å²) < 4.78 is 17.9. The van der Waals surface area contributed by atoms with Crippen LogP contribution in [0.1, 0.15) is 18.4 Å². The van der Waals surface area contributed by atoms with Crippen LogP contribution in [0.5, 0.6) is 11.5 Å². The van der Waals surface area contributed by atoms with Crippen molar-refractivity contribution in [2.75, 3.05) is 36.6 Å². The van der Waals surface area contributed by atoms with E-state index in [1.54, 1.807) is 12.1 Å². The quantitative estimate of drug-likeness (QED) is 0.690. The predicted octanol–water partition coefficient (Wildman–Crippen LogP) is 3.68. The third kappa shape index (κ3) is 4.76. The van der Waals surface area contributed by atoms with E-state index in [1.807, 2.05) is 31.2 Å². The van der Waals surface area contributed by atoms with Crippen LogP contribution in [0.25, 0.3) is 0 Å². The zero-order valence-electron chi connectivity index (χ0n) is 16.7. The number of carbonyl (C=O) groups is 2. The molecule has 2 aliphatic rings. The molecular weight excluding hydrogens is 452 g/mol. The molecule has 2 aromatic carbocycles. The number of hydrogen-bond acceptors (Lipinski definition) is 5. The summed E-state index contributed by atoms with van der Waals surface area (Å²) in [6.07, 6.45) is 2.09. The number of hydrogen-bond donors (Lipinski definition) is 1. The SMILES string of the molecule is Cc1ccc(NC(=O)CN2C(=O)COc3cc(Br)ccc32)c(OCC2CCCO2)c1. The lowest BCUT2D eigenvalue weighted by Crippen LogP contribution is -2.43. The molecule has 158 valence electrons. The Morgan fingerprint density at radius 2 is 2.17 bits per heavy atom. The number of rotatable bonds is 6. The summed E-state index contributed by atoms with van der Waals surface area (Å²) in [6, 6.07) is 10.9. The smallest absolute Gasteiger partial charge is 0.265 e.